The van der Waals surface area contributed by atoms with E-state index in [0.29, 0.717) is 11.4 Å². The third-order valence-electron chi connectivity index (χ3n) is 2.26. The SMILES string of the molecule is CC(C)C(Br)C(=O)Nc1ccc(NC(N)=O)cc1. The van der Waals surface area contributed by atoms with Crippen LogP contribution in [-0.4, -0.2) is 16.8 Å². The fourth-order valence-corrected chi connectivity index (χ4v) is 1.41. The van der Waals surface area contributed by atoms with Gasteiger partial charge in [0.15, 0.2) is 0 Å². The summed E-state index contributed by atoms with van der Waals surface area (Å²) in [7, 11) is 0. The number of nitrogens with one attached hydrogen (secondary N) is 2. The second-order valence-corrected chi connectivity index (χ2v) is 5.19. The van der Waals surface area contributed by atoms with Gasteiger partial charge in [-0.25, -0.2) is 4.79 Å². The van der Waals surface area contributed by atoms with Crippen LogP contribution in [0.2, 0.25) is 0 Å². The van der Waals surface area contributed by atoms with Gasteiger partial charge in [-0.2, -0.15) is 0 Å². The molecular weight excluding hydrogens is 298 g/mol. The summed E-state index contributed by atoms with van der Waals surface area (Å²) in [4.78, 5) is 22.2. The minimum Gasteiger partial charge on any atom is -0.351 e. The molecule has 0 bridgehead atoms. The van der Waals surface area contributed by atoms with Gasteiger partial charge in [-0.1, -0.05) is 29.8 Å². The minimum atomic E-state index is -0.618. The molecule has 5 nitrogen and oxygen atoms in total. The highest BCUT2D eigenvalue weighted by molar-refractivity contribution is 9.10. The van der Waals surface area contributed by atoms with Gasteiger partial charge in [-0.15, -0.1) is 0 Å². The lowest BCUT2D eigenvalue weighted by atomic mass is 10.1. The number of carbonyl (C=O) groups is 2. The molecule has 4 N–H and O–H groups in total. The van der Waals surface area contributed by atoms with Crippen LogP contribution in [0.4, 0.5) is 16.2 Å². The van der Waals surface area contributed by atoms with Gasteiger partial charge in [0.2, 0.25) is 5.91 Å². The standard InChI is InChI=1S/C12H16BrN3O2/c1-7(2)10(13)11(17)15-8-3-5-9(6-4-8)16-12(14)18/h3-7,10H,1-2H3,(H,15,17)(H3,14,16,18). The number of nitrogens with two attached hydrogens (primary N) is 1. The molecule has 1 aromatic carbocycles. The Bertz CT molecular complexity index is 431. The van der Waals surface area contributed by atoms with Crippen LogP contribution < -0.4 is 16.4 Å². The Hall–Kier alpha value is -1.56. The number of halogens is 1. The Morgan fingerprint density at radius 1 is 1.11 bits per heavy atom. The maximum Gasteiger partial charge on any atom is 0.316 e. The number of urea groups is 1. The van der Waals surface area contributed by atoms with Crippen molar-refractivity contribution in [3.8, 4) is 0 Å². The highest BCUT2D eigenvalue weighted by Crippen LogP contribution is 2.17. The first-order valence-electron chi connectivity index (χ1n) is 5.51. The van der Waals surface area contributed by atoms with E-state index < -0.39 is 6.03 Å². The number of primary amides is 1. The highest BCUT2D eigenvalue weighted by Gasteiger charge is 2.18. The van der Waals surface area contributed by atoms with Crippen LogP contribution in [0, 0.1) is 5.92 Å². The molecule has 0 spiro atoms. The summed E-state index contributed by atoms with van der Waals surface area (Å²) in [6, 6.07) is 6.11. The molecular formula is C12H16BrN3O2. The first-order chi connectivity index (χ1) is 8.40. The van der Waals surface area contributed by atoms with E-state index in [-0.39, 0.29) is 16.7 Å². The average molecular weight is 314 g/mol. The molecule has 6 heteroatoms. The lowest BCUT2D eigenvalue weighted by Gasteiger charge is -2.14. The lowest BCUT2D eigenvalue weighted by Crippen LogP contribution is -2.27. The molecule has 3 amide bonds. The van der Waals surface area contributed by atoms with E-state index in [1.807, 2.05) is 13.8 Å². The van der Waals surface area contributed by atoms with Crippen molar-refractivity contribution < 1.29 is 9.59 Å². The summed E-state index contributed by atoms with van der Waals surface area (Å²) in [6.45, 7) is 3.91. The van der Waals surface area contributed by atoms with Gasteiger partial charge < -0.3 is 16.4 Å². The second-order valence-electron chi connectivity index (χ2n) is 4.20. The normalized spacial score (nSPS) is 12.0. The minimum absolute atomic E-state index is 0.0967. The molecule has 0 aliphatic heterocycles. The van der Waals surface area contributed by atoms with Gasteiger partial charge in [-0.05, 0) is 30.2 Å². The van der Waals surface area contributed by atoms with E-state index in [9.17, 15) is 9.59 Å². The van der Waals surface area contributed by atoms with Gasteiger partial charge in [0, 0.05) is 11.4 Å². The molecule has 18 heavy (non-hydrogen) atoms. The summed E-state index contributed by atoms with van der Waals surface area (Å²) in [5.41, 5.74) is 6.24. The highest BCUT2D eigenvalue weighted by atomic mass is 79.9. The fourth-order valence-electron chi connectivity index (χ4n) is 1.29. The van der Waals surface area contributed by atoms with E-state index in [2.05, 4.69) is 26.6 Å². The molecule has 0 aliphatic rings. The Labute approximate surface area is 114 Å². The molecule has 0 saturated heterocycles. The predicted octanol–water partition coefficient (Wildman–Crippen LogP) is 2.54. The molecule has 0 aliphatic carbocycles. The van der Waals surface area contributed by atoms with Gasteiger partial charge in [0.1, 0.15) is 0 Å². The maximum absolute atomic E-state index is 11.8. The van der Waals surface area contributed by atoms with Gasteiger partial charge in [0.25, 0.3) is 0 Å². The van der Waals surface area contributed by atoms with Crippen molar-refractivity contribution in [3.05, 3.63) is 24.3 Å². The summed E-state index contributed by atoms with van der Waals surface area (Å²) in [5, 5.41) is 5.22. The molecule has 0 aromatic heterocycles. The molecule has 1 aromatic rings. The molecule has 0 radical (unpaired) electrons. The third-order valence-corrected chi connectivity index (χ3v) is 3.73. The van der Waals surface area contributed by atoms with Crippen LogP contribution in [0.5, 0.6) is 0 Å². The molecule has 1 unspecified atom stereocenters. The summed E-state index contributed by atoms with van der Waals surface area (Å²) < 4.78 is 0. The van der Waals surface area contributed by atoms with E-state index in [1.54, 1.807) is 24.3 Å². The zero-order valence-corrected chi connectivity index (χ0v) is 11.8. The Balaban J connectivity index is 2.63. The van der Waals surface area contributed by atoms with E-state index in [4.69, 9.17) is 5.73 Å². The van der Waals surface area contributed by atoms with E-state index >= 15 is 0 Å². The van der Waals surface area contributed by atoms with Gasteiger partial charge >= 0.3 is 6.03 Å². The number of hydrogen-bond donors (Lipinski definition) is 3. The number of benzene rings is 1. The van der Waals surface area contributed by atoms with Crippen molar-refractivity contribution in [1.29, 1.82) is 0 Å². The zero-order chi connectivity index (χ0) is 13.7. The average Bonchev–Trinajstić information content (AvgIpc) is 2.29. The van der Waals surface area contributed by atoms with Crippen molar-refractivity contribution in [2.24, 2.45) is 11.7 Å². The maximum atomic E-state index is 11.8. The summed E-state index contributed by atoms with van der Waals surface area (Å²) in [6.07, 6.45) is 0. The third kappa shape index (κ3) is 4.37. The first-order valence-corrected chi connectivity index (χ1v) is 6.43. The fraction of sp³-hybridized carbons (Fsp3) is 0.333. The lowest BCUT2D eigenvalue weighted by molar-refractivity contribution is -0.116. The monoisotopic (exact) mass is 313 g/mol. The number of amides is 3. The molecule has 1 atom stereocenters. The van der Waals surface area contributed by atoms with Crippen molar-refractivity contribution in [3.63, 3.8) is 0 Å². The van der Waals surface area contributed by atoms with Crippen molar-refractivity contribution in [2.45, 2.75) is 18.7 Å². The van der Waals surface area contributed by atoms with E-state index in [0.717, 1.165) is 0 Å². The van der Waals surface area contributed by atoms with Crippen molar-refractivity contribution >= 4 is 39.2 Å². The largest absolute Gasteiger partial charge is 0.351 e. The number of rotatable bonds is 4. The number of anilines is 2. The van der Waals surface area contributed by atoms with Crippen molar-refractivity contribution in [2.75, 3.05) is 10.6 Å². The summed E-state index contributed by atoms with van der Waals surface area (Å²) >= 11 is 3.33. The summed E-state index contributed by atoms with van der Waals surface area (Å²) in [5.74, 6) is 0.112. The van der Waals surface area contributed by atoms with Crippen LogP contribution in [0.3, 0.4) is 0 Å². The second kappa shape index (κ2) is 6.39. The molecule has 98 valence electrons. The quantitative estimate of drug-likeness (QED) is 0.746. The van der Waals surface area contributed by atoms with Crippen LogP contribution >= 0.6 is 15.9 Å². The van der Waals surface area contributed by atoms with Crippen LogP contribution in [0.1, 0.15) is 13.8 Å². The van der Waals surface area contributed by atoms with Gasteiger partial charge in [0.05, 0.1) is 4.83 Å². The molecule has 0 saturated carbocycles. The van der Waals surface area contributed by atoms with Gasteiger partial charge in [-0.3, -0.25) is 4.79 Å². The number of alkyl halides is 1. The van der Waals surface area contributed by atoms with Crippen LogP contribution in [0.25, 0.3) is 0 Å². The molecule has 0 heterocycles. The number of carbonyl (C=O) groups excluding carboxylic acids is 2. The molecule has 1 rings (SSSR count). The zero-order valence-electron chi connectivity index (χ0n) is 10.2. The van der Waals surface area contributed by atoms with Crippen molar-refractivity contribution in [1.82, 2.24) is 0 Å². The first kappa shape index (κ1) is 14.5. The van der Waals surface area contributed by atoms with E-state index in [1.165, 1.54) is 0 Å². The molecule has 0 fully saturated rings. The van der Waals surface area contributed by atoms with Crippen LogP contribution in [-0.2, 0) is 4.79 Å². The van der Waals surface area contributed by atoms with Crippen LogP contribution in [0.15, 0.2) is 24.3 Å². The predicted molar refractivity (Wildman–Crippen MR) is 75.8 cm³/mol. The smallest absolute Gasteiger partial charge is 0.316 e. The number of hydrogen-bond acceptors (Lipinski definition) is 2. The Kier molecular flexibility index (Phi) is 5.15. The topological polar surface area (TPSA) is 84.2 Å². The Morgan fingerprint density at radius 3 is 1.94 bits per heavy atom. The Morgan fingerprint density at radius 2 is 1.56 bits per heavy atom.